The first-order valence-corrected chi connectivity index (χ1v) is 11.5. The average Bonchev–Trinajstić information content (AvgIpc) is 3.24. The van der Waals surface area contributed by atoms with Crippen LogP contribution in [0.15, 0.2) is 47.1 Å². The second-order valence-electron chi connectivity index (χ2n) is 9.79. The van der Waals surface area contributed by atoms with Crippen LogP contribution in [0.5, 0.6) is 0 Å². The number of rotatable bonds is 3. The number of aliphatic hydroxyl groups is 1. The Balaban J connectivity index is 1.49. The number of hydrogen-bond donors (Lipinski definition) is 1. The topological polar surface area (TPSA) is 37.3 Å². The van der Waals surface area contributed by atoms with Crippen LogP contribution in [0.1, 0.15) is 84.0 Å². The minimum absolute atomic E-state index is 0.350. The second kappa shape index (κ2) is 8.14. The second-order valence-corrected chi connectivity index (χ2v) is 9.79. The predicted molar refractivity (Wildman–Crippen MR) is 115 cm³/mol. The van der Waals surface area contributed by atoms with Gasteiger partial charge in [0, 0.05) is 6.42 Å². The van der Waals surface area contributed by atoms with E-state index >= 15 is 0 Å². The van der Waals surface area contributed by atoms with Gasteiger partial charge in [0.05, 0.1) is 6.10 Å². The van der Waals surface area contributed by atoms with Crippen LogP contribution in [-0.4, -0.2) is 17.0 Å². The first kappa shape index (κ1) is 19.9. The minimum atomic E-state index is -0.350. The van der Waals surface area contributed by atoms with Crippen molar-refractivity contribution in [2.75, 3.05) is 0 Å². The van der Waals surface area contributed by atoms with Crippen LogP contribution in [-0.2, 0) is 4.79 Å². The Morgan fingerprint density at radius 1 is 1.04 bits per heavy atom. The average molecular weight is 381 g/mol. The number of Topliss-reactive ketones (excluding diaryl/α,β-unsaturated/α-hetero) is 1. The smallest absolute Gasteiger partial charge is 0.158 e. The number of aliphatic hydroxyl groups excluding tert-OH is 1. The summed E-state index contributed by atoms with van der Waals surface area (Å²) < 4.78 is 0. The van der Waals surface area contributed by atoms with Crippen LogP contribution in [0.25, 0.3) is 0 Å². The van der Waals surface area contributed by atoms with Crippen LogP contribution >= 0.6 is 0 Å². The quantitative estimate of drug-likeness (QED) is 0.590. The Hall–Kier alpha value is -1.41. The molecule has 4 saturated carbocycles. The van der Waals surface area contributed by atoms with E-state index in [1.54, 1.807) is 5.57 Å². The molecule has 152 valence electrons. The van der Waals surface area contributed by atoms with Crippen LogP contribution in [0.3, 0.4) is 0 Å². The maximum Gasteiger partial charge on any atom is 0.158 e. The Kier molecular flexibility index (Phi) is 5.78. The molecule has 1 N–H and O–H groups in total. The SMILES string of the molecule is C=C1/C(=C\C=C2/CCCC3(C)C(C/C=C4\CCCC4=O)CCC23)CCCC1O. The number of allylic oxidation sites excluding steroid dienone is 5. The van der Waals surface area contributed by atoms with E-state index in [-0.39, 0.29) is 6.10 Å². The summed E-state index contributed by atoms with van der Waals surface area (Å²) in [6, 6.07) is 0. The van der Waals surface area contributed by atoms with Crippen LogP contribution in [0.4, 0.5) is 0 Å². The lowest BCUT2D eigenvalue weighted by atomic mass is 9.63. The molecule has 4 aliphatic carbocycles. The molecule has 2 heteroatoms. The molecule has 0 amide bonds. The Morgan fingerprint density at radius 3 is 2.64 bits per heavy atom. The van der Waals surface area contributed by atoms with E-state index in [0.29, 0.717) is 23.0 Å². The first-order chi connectivity index (χ1) is 13.5. The van der Waals surface area contributed by atoms with Gasteiger partial charge < -0.3 is 5.11 Å². The summed E-state index contributed by atoms with van der Waals surface area (Å²) >= 11 is 0. The highest BCUT2D eigenvalue weighted by Crippen LogP contribution is 2.58. The van der Waals surface area contributed by atoms with E-state index in [2.05, 4.69) is 31.7 Å². The molecule has 0 spiro atoms. The third kappa shape index (κ3) is 3.73. The van der Waals surface area contributed by atoms with Gasteiger partial charge in [-0.05, 0) is 105 Å². The Labute approximate surface area is 170 Å². The van der Waals surface area contributed by atoms with Gasteiger partial charge in [0.25, 0.3) is 0 Å². The summed E-state index contributed by atoms with van der Waals surface area (Å²) in [7, 11) is 0. The third-order valence-electron chi connectivity index (χ3n) is 8.25. The standard InChI is InChI=1S/C26H36O2/c1-18-19(6-3-9-24(18)27)11-12-20-8-5-17-26(2)22(15-16-23(20)26)14-13-21-7-4-10-25(21)28/h11-13,22-24,27H,1,3-10,14-17H2,2H3/b19-11-,20-12+,21-13+. The molecule has 2 nitrogen and oxygen atoms in total. The van der Waals surface area contributed by atoms with Crippen molar-refractivity contribution >= 4 is 5.78 Å². The van der Waals surface area contributed by atoms with E-state index < -0.39 is 0 Å². The van der Waals surface area contributed by atoms with E-state index in [1.165, 1.54) is 37.7 Å². The molecule has 0 aliphatic heterocycles. The zero-order valence-corrected chi connectivity index (χ0v) is 17.5. The Morgan fingerprint density at radius 2 is 1.86 bits per heavy atom. The first-order valence-electron chi connectivity index (χ1n) is 11.5. The molecule has 4 fully saturated rings. The number of carbonyl (C=O) groups excluding carboxylic acids is 1. The summed E-state index contributed by atoms with van der Waals surface area (Å²) in [5, 5.41) is 10.1. The van der Waals surface area contributed by atoms with E-state index in [1.807, 2.05) is 0 Å². The van der Waals surface area contributed by atoms with Crippen molar-refractivity contribution in [3.05, 3.63) is 47.1 Å². The minimum Gasteiger partial charge on any atom is -0.388 e. The van der Waals surface area contributed by atoms with Gasteiger partial charge >= 0.3 is 0 Å². The maximum absolute atomic E-state index is 12.0. The number of hydrogen-bond acceptors (Lipinski definition) is 2. The fourth-order valence-electron chi connectivity index (χ4n) is 6.41. The monoisotopic (exact) mass is 380 g/mol. The third-order valence-corrected chi connectivity index (χ3v) is 8.25. The molecule has 0 saturated heterocycles. The normalized spacial score (nSPS) is 40.6. The molecule has 0 heterocycles. The fourth-order valence-corrected chi connectivity index (χ4v) is 6.41. The van der Waals surface area contributed by atoms with Gasteiger partial charge in [0.1, 0.15) is 0 Å². The summed E-state index contributed by atoms with van der Waals surface area (Å²) in [5.74, 6) is 1.79. The van der Waals surface area contributed by atoms with Gasteiger partial charge in [-0.1, -0.05) is 37.3 Å². The number of carbonyl (C=O) groups is 1. The van der Waals surface area contributed by atoms with Gasteiger partial charge in [0.15, 0.2) is 5.78 Å². The lowest BCUT2D eigenvalue weighted by Gasteiger charge is -2.42. The lowest BCUT2D eigenvalue weighted by Crippen LogP contribution is -2.33. The zero-order valence-electron chi connectivity index (χ0n) is 17.5. The largest absolute Gasteiger partial charge is 0.388 e. The van der Waals surface area contributed by atoms with Crippen molar-refractivity contribution < 1.29 is 9.90 Å². The van der Waals surface area contributed by atoms with Crippen molar-refractivity contribution in [1.82, 2.24) is 0 Å². The van der Waals surface area contributed by atoms with Gasteiger partial charge in [0.2, 0.25) is 0 Å². The van der Waals surface area contributed by atoms with Crippen LogP contribution < -0.4 is 0 Å². The predicted octanol–water partition coefficient (Wildman–Crippen LogP) is 6.23. The highest BCUT2D eigenvalue weighted by molar-refractivity contribution is 5.97. The van der Waals surface area contributed by atoms with Crippen LogP contribution in [0.2, 0.25) is 0 Å². The van der Waals surface area contributed by atoms with E-state index in [0.717, 1.165) is 56.1 Å². The van der Waals surface area contributed by atoms with Crippen molar-refractivity contribution in [3.8, 4) is 0 Å². The molecule has 0 aromatic carbocycles. The summed E-state index contributed by atoms with van der Waals surface area (Å²) in [6.07, 6.45) is 19.8. The maximum atomic E-state index is 12.0. The lowest BCUT2D eigenvalue weighted by molar-refractivity contribution is -0.114. The molecule has 0 radical (unpaired) electrons. The molecule has 0 aromatic rings. The van der Waals surface area contributed by atoms with Crippen molar-refractivity contribution in [1.29, 1.82) is 0 Å². The molecular formula is C26H36O2. The summed E-state index contributed by atoms with van der Waals surface area (Å²) in [6.45, 7) is 6.63. The van der Waals surface area contributed by atoms with Crippen molar-refractivity contribution in [2.45, 2.75) is 90.1 Å². The van der Waals surface area contributed by atoms with Gasteiger partial charge in [-0.25, -0.2) is 0 Å². The molecule has 4 unspecified atom stereocenters. The van der Waals surface area contributed by atoms with Crippen LogP contribution in [0, 0.1) is 17.3 Å². The van der Waals surface area contributed by atoms with Gasteiger partial charge in [-0.2, -0.15) is 0 Å². The highest BCUT2D eigenvalue weighted by atomic mass is 16.3. The number of fused-ring (bicyclic) bond motifs is 1. The molecule has 0 bridgehead atoms. The Bertz CT molecular complexity index is 738. The van der Waals surface area contributed by atoms with E-state index in [4.69, 9.17) is 0 Å². The summed E-state index contributed by atoms with van der Waals surface area (Å²) in [5.41, 5.74) is 5.28. The zero-order chi connectivity index (χ0) is 19.7. The number of ketones is 1. The van der Waals surface area contributed by atoms with E-state index in [9.17, 15) is 9.90 Å². The van der Waals surface area contributed by atoms with Gasteiger partial charge in [-0.15, -0.1) is 0 Å². The molecule has 4 rings (SSSR count). The van der Waals surface area contributed by atoms with Gasteiger partial charge in [-0.3, -0.25) is 4.79 Å². The molecular weight excluding hydrogens is 344 g/mol. The summed E-state index contributed by atoms with van der Waals surface area (Å²) in [4.78, 5) is 12.0. The highest BCUT2D eigenvalue weighted by Gasteiger charge is 2.48. The van der Waals surface area contributed by atoms with Crippen molar-refractivity contribution in [2.24, 2.45) is 17.3 Å². The van der Waals surface area contributed by atoms with Crippen molar-refractivity contribution in [3.63, 3.8) is 0 Å². The molecule has 4 aliphatic rings. The molecule has 0 aromatic heterocycles. The fraction of sp³-hybridized carbons (Fsp3) is 0.654. The molecule has 28 heavy (non-hydrogen) atoms. The molecule has 4 atom stereocenters.